The Kier molecular flexibility index (Phi) is 6.33. The maximum atomic E-state index is 12.8. The Morgan fingerprint density at radius 2 is 1.79 bits per heavy atom. The van der Waals surface area contributed by atoms with Crippen LogP contribution in [-0.4, -0.2) is 20.3 Å². The summed E-state index contributed by atoms with van der Waals surface area (Å²) in [5.74, 6) is 0.502. The molecule has 0 aliphatic heterocycles. The number of carbonyl (C=O) groups excluding carboxylic acids is 1. The van der Waals surface area contributed by atoms with Crippen molar-refractivity contribution in [3.05, 3.63) is 104 Å². The van der Waals surface area contributed by atoms with E-state index in [1.54, 1.807) is 30.5 Å². The van der Waals surface area contributed by atoms with E-state index < -0.39 is 0 Å². The number of nitrogens with zero attached hydrogens (tertiary/aromatic N) is 3. The number of ketones is 1. The van der Waals surface area contributed by atoms with Crippen molar-refractivity contribution in [3.8, 4) is 10.9 Å². The number of para-hydroxylation sites is 1. The number of pyridine rings is 1. The monoisotopic (exact) mass is 487 g/mol. The van der Waals surface area contributed by atoms with Crippen molar-refractivity contribution in [1.29, 1.82) is 0 Å². The quantitative estimate of drug-likeness (QED) is 0.266. The molecule has 0 radical (unpaired) electrons. The molecule has 34 heavy (non-hydrogen) atoms. The fraction of sp³-hybridized carbons (Fsp3) is 0.154. The molecule has 0 atom stereocenters. The summed E-state index contributed by atoms with van der Waals surface area (Å²) in [6.45, 7) is 2.09. The van der Waals surface area contributed by atoms with Gasteiger partial charge < -0.3 is 4.74 Å². The zero-order valence-electron chi connectivity index (χ0n) is 18.4. The van der Waals surface area contributed by atoms with E-state index in [-0.39, 0.29) is 11.3 Å². The number of carbonyl (C=O) groups is 1. The van der Waals surface area contributed by atoms with Crippen LogP contribution in [0.25, 0.3) is 15.3 Å². The SMILES string of the molecule is Cc1nc(-n2ccc(OCc3nc4ccccc4s3)cc2=O)sc1C(=O)CCc1ccccc1. The lowest BCUT2D eigenvalue weighted by molar-refractivity contribution is 0.0986. The molecule has 0 amide bonds. The number of rotatable bonds is 8. The van der Waals surface area contributed by atoms with Gasteiger partial charge >= 0.3 is 0 Å². The molecule has 0 fully saturated rings. The first kappa shape index (κ1) is 22.2. The lowest BCUT2D eigenvalue weighted by atomic mass is 10.1. The summed E-state index contributed by atoms with van der Waals surface area (Å²) in [6.07, 6.45) is 2.71. The molecule has 0 aliphatic rings. The van der Waals surface area contributed by atoms with Gasteiger partial charge in [0.2, 0.25) is 0 Å². The summed E-state index contributed by atoms with van der Waals surface area (Å²) in [5.41, 5.74) is 2.44. The highest BCUT2D eigenvalue weighted by atomic mass is 32.1. The predicted molar refractivity (Wildman–Crippen MR) is 135 cm³/mol. The van der Waals surface area contributed by atoms with Gasteiger partial charge in [-0.2, -0.15) is 0 Å². The number of benzene rings is 2. The van der Waals surface area contributed by atoms with Crippen LogP contribution < -0.4 is 10.3 Å². The first-order valence-electron chi connectivity index (χ1n) is 10.8. The molecule has 0 saturated heterocycles. The Hall–Kier alpha value is -3.62. The van der Waals surface area contributed by atoms with Crippen molar-refractivity contribution < 1.29 is 9.53 Å². The highest BCUT2D eigenvalue weighted by molar-refractivity contribution is 7.18. The van der Waals surface area contributed by atoms with Crippen molar-refractivity contribution in [1.82, 2.24) is 14.5 Å². The van der Waals surface area contributed by atoms with Crippen molar-refractivity contribution >= 4 is 38.7 Å². The van der Waals surface area contributed by atoms with E-state index in [1.165, 1.54) is 22.0 Å². The predicted octanol–water partition coefficient (Wildman–Crippen LogP) is 5.61. The Balaban J connectivity index is 1.27. The minimum absolute atomic E-state index is 0.0361. The molecule has 8 heteroatoms. The number of hydrogen-bond acceptors (Lipinski definition) is 7. The maximum absolute atomic E-state index is 12.8. The standard InChI is InChI=1S/C26H21N3O3S2/c1-17-25(21(30)12-11-18-7-3-2-4-8-18)34-26(27-17)29-14-13-19(15-24(29)31)32-16-23-28-20-9-5-6-10-22(20)33-23/h2-10,13-15H,11-12,16H2,1H3. The average molecular weight is 488 g/mol. The van der Waals surface area contributed by atoms with Crippen LogP contribution in [0.5, 0.6) is 5.75 Å². The van der Waals surface area contributed by atoms with Gasteiger partial charge in [0.1, 0.15) is 17.4 Å². The number of fused-ring (bicyclic) bond motifs is 1. The van der Waals surface area contributed by atoms with Crippen molar-refractivity contribution in [2.24, 2.45) is 0 Å². The Labute approximate surface area is 204 Å². The van der Waals surface area contributed by atoms with E-state index in [2.05, 4.69) is 9.97 Å². The zero-order chi connectivity index (χ0) is 23.5. The molecule has 0 saturated carbocycles. The van der Waals surface area contributed by atoms with Gasteiger partial charge in [0, 0.05) is 18.7 Å². The Bertz CT molecular complexity index is 1490. The van der Waals surface area contributed by atoms with Crippen LogP contribution in [0.2, 0.25) is 0 Å². The summed E-state index contributed by atoms with van der Waals surface area (Å²) >= 11 is 2.81. The number of hydrogen-bond donors (Lipinski definition) is 0. The maximum Gasteiger partial charge on any atom is 0.260 e. The molecule has 3 aromatic heterocycles. The largest absolute Gasteiger partial charge is 0.486 e. The van der Waals surface area contributed by atoms with E-state index in [9.17, 15) is 9.59 Å². The van der Waals surface area contributed by atoms with E-state index >= 15 is 0 Å². The lowest BCUT2D eigenvalue weighted by Crippen LogP contribution is -2.16. The third-order valence-corrected chi connectivity index (χ3v) is 7.53. The summed E-state index contributed by atoms with van der Waals surface area (Å²) in [4.78, 5) is 35.1. The third-order valence-electron chi connectivity index (χ3n) is 5.32. The molecule has 0 bridgehead atoms. The molecule has 0 aliphatic carbocycles. The minimum atomic E-state index is -0.265. The molecule has 5 aromatic rings. The number of aromatic nitrogens is 3. The number of Topliss-reactive ketones (excluding diaryl/α,β-unsaturated/α-hetero) is 1. The minimum Gasteiger partial charge on any atom is -0.486 e. The molecule has 2 aromatic carbocycles. The van der Waals surface area contributed by atoms with Crippen LogP contribution in [0.3, 0.4) is 0 Å². The van der Waals surface area contributed by atoms with Gasteiger partial charge in [0.05, 0.1) is 20.8 Å². The second-order valence-corrected chi connectivity index (χ2v) is 9.85. The highest BCUT2D eigenvalue weighted by Gasteiger charge is 2.17. The summed E-state index contributed by atoms with van der Waals surface area (Å²) in [7, 11) is 0. The van der Waals surface area contributed by atoms with E-state index in [4.69, 9.17) is 4.74 Å². The van der Waals surface area contributed by atoms with Gasteiger partial charge in [-0.25, -0.2) is 9.97 Å². The van der Waals surface area contributed by atoms with Crippen LogP contribution in [0, 0.1) is 6.92 Å². The van der Waals surface area contributed by atoms with E-state index in [0.29, 0.717) is 40.9 Å². The van der Waals surface area contributed by atoms with Gasteiger partial charge in [-0.05, 0) is 37.1 Å². The van der Waals surface area contributed by atoms with Gasteiger partial charge in [0.25, 0.3) is 5.56 Å². The second kappa shape index (κ2) is 9.70. The molecule has 0 unspecified atom stereocenters. The van der Waals surface area contributed by atoms with Gasteiger partial charge in [0.15, 0.2) is 10.9 Å². The summed E-state index contributed by atoms with van der Waals surface area (Å²) < 4.78 is 8.34. The first-order chi connectivity index (χ1) is 16.6. The van der Waals surface area contributed by atoms with Crippen molar-refractivity contribution in [2.45, 2.75) is 26.4 Å². The Morgan fingerprint density at radius 1 is 1.00 bits per heavy atom. The molecular weight excluding hydrogens is 466 g/mol. The van der Waals surface area contributed by atoms with Crippen molar-refractivity contribution in [3.63, 3.8) is 0 Å². The second-order valence-electron chi connectivity index (χ2n) is 7.75. The smallest absolute Gasteiger partial charge is 0.260 e. The molecular formula is C26H21N3O3S2. The number of aryl methyl sites for hydroxylation is 2. The third kappa shape index (κ3) is 4.83. The fourth-order valence-electron chi connectivity index (χ4n) is 3.60. The van der Waals surface area contributed by atoms with Crippen LogP contribution in [0.4, 0.5) is 0 Å². The topological polar surface area (TPSA) is 74.1 Å². The summed E-state index contributed by atoms with van der Waals surface area (Å²) in [6, 6.07) is 21.0. The lowest BCUT2D eigenvalue weighted by Gasteiger charge is -2.05. The fourth-order valence-corrected chi connectivity index (χ4v) is 5.50. The van der Waals surface area contributed by atoms with Crippen LogP contribution >= 0.6 is 22.7 Å². The molecule has 0 spiro atoms. The molecule has 3 heterocycles. The average Bonchev–Trinajstić information content (AvgIpc) is 3.45. The van der Waals surface area contributed by atoms with Crippen LogP contribution in [-0.2, 0) is 13.0 Å². The van der Waals surface area contributed by atoms with Crippen molar-refractivity contribution in [2.75, 3.05) is 0 Å². The van der Waals surface area contributed by atoms with E-state index in [1.807, 2.05) is 54.6 Å². The zero-order valence-corrected chi connectivity index (χ0v) is 20.1. The molecule has 170 valence electrons. The molecule has 0 N–H and O–H groups in total. The van der Waals surface area contributed by atoms with Gasteiger partial charge in [-0.1, -0.05) is 53.8 Å². The highest BCUT2D eigenvalue weighted by Crippen LogP contribution is 2.25. The van der Waals surface area contributed by atoms with E-state index in [0.717, 1.165) is 20.8 Å². The van der Waals surface area contributed by atoms with Gasteiger partial charge in [-0.3, -0.25) is 14.2 Å². The molecule has 5 rings (SSSR count). The van der Waals surface area contributed by atoms with Crippen LogP contribution in [0.15, 0.2) is 77.7 Å². The Morgan fingerprint density at radius 3 is 2.59 bits per heavy atom. The number of thiazole rings is 2. The number of ether oxygens (including phenoxy) is 1. The van der Waals surface area contributed by atoms with Crippen LogP contribution in [0.1, 0.15) is 32.4 Å². The normalized spacial score (nSPS) is 11.1. The summed E-state index contributed by atoms with van der Waals surface area (Å²) in [5, 5.41) is 1.32. The molecule has 6 nitrogen and oxygen atoms in total. The van der Waals surface area contributed by atoms with Gasteiger partial charge in [-0.15, -0.1) is 11.3 Å². The first-order valence-corrected chi connectivity index (χ1v) is 12.4.